The van der Waals surface area contributed by atoms with Gasteiger partial charge in [0.2, 0.25) is 5.91 Å². The van der Waals surface area contributed by atoms with Crippen molar-refractivity contribution in [2.45, 2.75) is 6.42 Å². The summed E-state index contributed by atoms with van der Waals surface area (Å²) >= 11 is 0. The molecule has 0 radical (unpaired) electrons. The lowest BCUT2D eigenvalue weighted by Crippen LogP contribution is -2.19. The lowest BCUT2D eigenvalue weighted by Gasteiger charge is -2.03. The summed E-state index contributed by atoms with van der Waals surface area (Å²) in [5.41, 5.74) is 6.70. The SMILES string of the molecule is COc1ccc(CC(=O)N/N=C/c2ccc(-c3ccccc3)cc2)cc1. The first-order chi connectivity index (χ1) is 12.7. The third kappa shape index (κ3) is 4.80. The Hall–Kier alpha value is -3.40. The van der Waals surface area contributed by atoms with Gasteiger partial charge in [0.25, 0.3) is 0 Å². The second kappa shape index (κ2) is 8.62. The van der Waals surface area contributed by atoms with Gasteiger partial charge in [-0.15, -0.1) is 0 Å². The molecular formula is C22H20N2O2. The van der Waals surface area contributed by atoms with Gasteiger partial charge in [-0.1, -0.05) is 66.7 Å². The molecule has 3 aromatic rings. The molecule has 0 spiro atoms. The monoisotopic (exact) mass is 344 g/mol. The van der Waals surface area contributed by atoms with Gasteiger partial charge in [0.15, 0.2) is 0 Å². The van der Waals surface area contributed by atoms with Gasteiger partial charge in [0.1, 0.15) is 5.75 Å². The summed E-state index contributed by atoms with van der Waals surface area (Å²) in [6.07, 6.45) is 1.91. The van der Waals surface area contributed by atoms with Gasteiger partial charge >= 0.3 is 0 Å². The summed E-state index contributed by atoms with van der Waals surface area (Å²) in [5, 5.41) is 4.02. The molecule has 0 bridgehead atoms. The van der Waals surface area contributed by atoms with Crippen LogP contribution in [0.1, 0.15) is 11.1 Å². The van der Waals surface area contributed by atoms with Crippen LogP contribution in [-0.4, -0.2) is 19.2 Å². The van der Waals surface area contributed by atoms with Crippen molar-refractivity contribution in [1.29, 1.82) is 0 Å². The number of carbonyl (C=O) groups is 1. The van der Waals surface area contributed by atoms with Crippen molar-refractivity contribution in [2.75, 3.05) is 7.11 Å². The minimum Gasteiger partial charge on any atom is -0.497 e. The summed E-state index contributed by atoms with van der Waals surface area (Å²) in [5.74, 6) is 0.610. The Balaban J connectivity index is 1.53. The van der Waals surface area contributed by atoms with Crippen LogP contribution >= 0.6 is 0 Å². The van der Waals surface area contributed by atoms with Gasteiger partial charge in [0.05, 0.1) is 19.7 Å². The number of amides is 1. The van der Waals surface area contributed by atoms with Crippen LogP contribution in [0.25, 0.3) is 11.1 Å². The minimum absolute atomic E-state index is 0.160. The van der Waals surface area contributed by atoms with Crippen LogP contribution < -0.4 is 10.2 Å². The first-order valence-corrected chi connectivity index (χ1v) is 8.35. The van der Waals surface area contributed by atoms with E-state index in [1.165, 1.54) is 5.56 Å². The molecule has 0 unspecified atom stereocenters. The van der Waals surface area contributed by atoms with Gasteiger partial charge in [0, 0.05) is 0 Å². The van der Waals surface area contributed by atoms with Crippen LogP contribution in [0.2, 0.25) is 0 Å². The number of benzene rings is 3. The summed E-state index contributed by atoms with van der Waals surface area (Å²) in [7, 11) is 1.61. The molecule has 0 aliphatic heterocycles. The van der Waals surface area contributed by atoms with Gasteiger partial charge < -0.3 is 4.74 Å². The molecule has 3 rings (SSSR count). The van der Waals surface area contributed by atoms with Crippen molar-refractivity contribution in [2.24, 2.45) is 5.10 Å². The molecule has 1 N–H and O–H groups in total. The van der Waals surface area contributed by atoms with Crippen LogP contribution in [-0.2, 0) is 11.2 Å². The van der Waals surface area contributed by atoms with Crippen molar-refractivity contribution >= 4 is 12.1 Å². The van der Waals surface area contributed by atoms with E-state index in [0.717, 1.165) is 22.4 Å². The van der Waals surface area contributed by atoms with E-state index in [9.17, 15) is 4.79 Å². The first-order valence-electron chi connectivity index (χ1n) is 8.35. The number of hydrazone groups is 1. The van der Waals surface area contributed by atoms with Crippen molar-refractivity contribution in [3.63, 3.8) is 0 Å². The van der Waals surface area contributed by atoms with E-state index in [1.807, 2.05) is 66.7 Å². The Bertz CT molecular complexity index is 870. The Labute approximate surface area is 153 Å². The van der Waals surface area contributed by atoms with Crippen molar-refractivity contribution in [3.8, 4) is 16.9 Å². The number of rotatable bonds is 6. The van der Waals surface area contributed by atoms with E-state index < -0.39 is 0 Å². The largest absolute Gasteiger partial charge is 0.497 e. The molecule has 0 saturated carbocycles. The van der Waals surface area contributed by atoms with E-state index in [2.05, 4.69) is 22.7 Å². The predicted octanol–water partition coefficient (Wildman–Crippen LogP) is 4.06. The zero-order chi connectivity index (χ0) is 18.2. The summed E-state index contributed by atoms with van der Waals surface area (Å²) in [6.45, 7) is 0. The van der Waals surface area contributed by atoms with Gasteiger partial charge in [-0.05, 0) is 34.4 Å². The molecule has 0 heterocycles. The molecule has 0 aliphatic rings. The number of nitrogens with one attached hydrogen (secondary N) is 1. The molecule has 0 aliphatic carbocycles. The molecule has 0 fully saturated rings. The molecule has 4 heteroatoms. The van der Waals surface area contributed by atoms with Crippen LogP contribution in [0.5, 0.6) is 5.75 Å². The fourth-order valence-corrected chi connectivity index (χ4v) is 2.54. The van der Waals surface area contributed by atoms with E-state index in [4.69, 9.17) is 4.74 Å². The molecule has 4 nitrogen and oxygen atoms in total. The lowest BCUT2D eigenvalue weighted by molar-refractivity contribution is -0.120. The van der Waals surface area contributed by atoms with E-state index >= 15 is 0 Å². The highest BCUT2D eigenvalue weighted by Gasteiger charge is 2.02. The average molecular weight is 344 g/mol. The summed E-state index contributed by atoms with van der Waals surface area (Å²) in [4.78, 5) is 11.9. The summed E-state index contributed by atoms with van der Waals surface area (Å²) < 4.78 is 5.10. The maximum absolute atomic E-state index is 11.9. The van der Waals surface area contributed by atoms with E-state index in [1.54, 1.807) is 13.3 Å². The molecule has 1 amide bonds. The number of methoxy groups -OCH3 is 1. The Kier molecular flexibility index (Phi) is 5.78. The van der Waals surface area contributed by atoms with E-state index in [0.29, 0.717) is 0 Å². The molecule has 0 saturated heterocycles. The Morgan fingerprint density at radius 2 is 1.58 bits per heavy atom. The third-order valence-corrected chi connectivity index (χ3v) is 3.94. The molecule has 26 heavy (non-hydrogen) atoms. The van der Waals surface area contributed by atoms with Gasteiger partial charge in [-0.25, -0.2) is 5.43 Å². The molecule has 0 atom stereocenters. The Morgan fingerprint density at radius 1 is 0.923 bits per heavy atom. The molecular weight excluding hydrogens is 324 g/mol. The molecule has 130 valence electrons. The fraction of sp³-hybridized carbons (Fsp3) is 0.0909. The minimum atomic E-state index is -0.160. The first kappa shape index (κ1) is 17.4. The second-order valence-electron chi connectivity index (χ2n) is 5.81. The maximum Gasteiger partial charge on any atom is 0.244 e. The fourth-order valence-electron chi connectivity index (χ4n) is 2.54. The maximum atomic E-state index is 11.9. The van der Waals surface area contributed by atoms with E-state index in [-0.39, 0.29) is 12.3 Å². The zero-order valence-corrected chi connectivity index (χ0v) is 14.6. The van der Waals surface area contributed by atoms with Crippen LogP contribution in [0.3, 0.4) is 0 Å². The normalized spacial score (nSPS) is 10.7. The zero-order valence-electron chi connectivity index (χ0n) is 14.6. The lowest BCUT2D eigenvalue weighted by atomic mass is 10.0. The van der Waals surface area contributed by atoms with Crippen molar-refractivity contribution < 1.29 is 9.53 Å². The quantitative estimate of drug-likeness (QED) is 0.542. The Morgan fingerprint density at radius 3 is 2.23 bits per heavy atom. The number of carbonyl (C=O) groups excluding carboxylic acids is 1. The highest BCUT2D eigenvalue weighted by Crippen LogP contribution is 2.18. The predicted molar refractivity (Wildman–Crippen MR) is 104 cm³/mol. The highest BCUT2D eigenvalue weighted by atomic mass is 16.5. The summed E-state index contributed by atoms with van der Waals surface area (Å²) in [6, 6.07) is 25.6. The number of hydrogen-bond acceptors (Lipinski definition) is 3. The standard InChI is InChI=1S/C22H20N2O2/c1-26-21-13-9-17(10-14-21)15-22(25)24-23-16-18-7-11-20(12-8-18)19-5-3-2-4-6-19/h2-14,16H,15H2,1H3,(H,24,25)/b23-16+. The molecule has 0 aromatic heterocycles. The third-order valence-electron chi connectivity index (χ3n) is 3.94. The van der Waals surface area contributed by atoms with Gasteiger partial charge in [-0.2, -0.15) is 5.10 Å². The van der Waals surface area contributed by atoms with Crippen molar-refractivity contribution in [1.82, 2.24) is 5.43 Å². The smallest absolute Gasteiger partial charge is 0.244 e. The average Bonchev–Trinajstić information content (AvgIpc) is 2.70. The molecule has 3 aromatic carbocycles. The van der Waals surface area contributed by atoms with Gasteiger partial charge in [-0.3, -0.25) is 4.79 Å². The number of ether oxygens (including phenoxy) is 1. The topological polar surface area (TPSA) is 50.7 Å². The highest BCUT2D eigenvalue weighted by molar-refractivity contribution is 5.84. The van der Waals surface area contributed by atoms with Crippen LogP contribution in [0.4, 0.5) is 0 Å². The number of nitrogens with zero attached hydrogens (tertiary/aromatic N) is 1. The second-order valence-corrected chi connectivity index (χ2v) is 5.81. The van der Waals surface area contributed by atoms with Crippen molar-refractivity contribution in [3.05, 3.63) is 90.0 Å². The number of hydrogen-bond donors (Lipinski definition) is 1. The van der Waals surface area contributed by atoms with Crippen LogP contribution in [0, 0.1) is 0 Å². The van der Waals surface area contributed by atoms with Crippen LogP contribution in [0.15, 0.2) is 84.0 Å².